The molecule has 0 radical (unpaired) electrons. The first-order valence-corrected chi connectivity index (χ1v) is 10.2. The number of benzene rings is 2. The minimum Gasteiger partial charge on any atom is -0.391 e. The number of anilines is 1. The molecule has 28 heavy (non-hydrogen) atoms. The van der Waals surface area contributed by atoms with Gasteiger partial charge in [0.2, 0.25) is 0 Å². The van der Waals surface area contributed by atoms with Crippen LogP contribution in [0.4, 0.5) is 5.69 Å². The third-order valence-corrected chi connectivity index (χ3v) is 5.96. The smallest absolute Gasteiger partial charge is 0.261 e. The van der Waals surface area contributed by atoms with Gasteiger partial charge in [-0.15, -0.1) is 12.4 Å². The Morgan fingerprint density at radius 1 is 1.11 bits per heavy atom. The first-order valence-electron chi connectivity index (χ1n) is 8.72. The number of β-amino-alcohol motifs (C(OH)–C–C–N with tert-alkyl or cyclic N) is 1. The molecule has 3 rings (SSSR count). The van der Waals surface area contributed by atoms with Gasteiger partial charge in [0.25, 0.3) is 15.9 Å². The van der Waals surface area contributed by atoms with Crippen molar-refractivity contribution in [2.45, 2.75) is 17.9 Å². The zero-order chi connectivity index (χ0) is 19.4. The van der Waals surface area contributed by atoms with Crippen molar-refractivity contribution in [1.82, 2.24) is 10.6 Å². The van der Waals surface area contributed by atoms with Crippen molar-refractivity contribution in [2.24, 2.45) is 5.92 Å². The Kier molecular flexibility index (Phi) is 7.42. The second kappa shape index (κ2) is 9.38. The molecule has 0 saturated carbocycles. The van der Waals surface area contributed by atoms with Crippen molar-refractivity contribution >= 4 is 34.0 Å². The molecule has 1 heterocycles. The van der Waals surface area contributed by atoms with Gasteiger partial charge in [-0.25, -0.2) is 8.42 Å². The highest BCUT2D eigenvalue weighted by molar-refractivity contribution is 7.92. The van der Waals surface area contributed by atoms with Crippen LogP contribution in [0.2, 0.25) is 0 Å². The van der Waals surface area contributed by atoms with E-state index >= 15 is 0 Å². The molecule has 7 nitrogen and oxygen atoms in total. The number of sulfonamides is 1. The maximum atomic E-state index is 12.5. The second-order valence-electron chi connectivity index (χ2n) is 6.69. The number of halogens is 1. The number of hydrogen-bond donors (Lipinski definition) is 4. The monoisotopic (exact) mass is 425 g/mol. The molecule has 1 fully saturated rings. The van der Waals surface area contributed by atoms with Crippen LogP contribution in [0.1, 0.15) is 15.9 Å². The van der Waals surface area contributed by atoms with Crippen LogP contribution in [0, 0.1) is 12.8 Å². The Morgan fingerprint density at radius 3 is 2.32 bits per heavy atom. The van der Waals surface area contributed by atoms with Crippen molar-refractivity contribution in [3.63, 3.8) is 0 Å². The Balaban J connectivity index is 0.00000280. The lowest BCUT2D eigenvalue weighted by Crippen LogP contribution is -2.34. The van der Waals surface area contributed by atoms with E-state index in [-0.39, 0.29) is 29.1 Å². The molecule has 2 aromatic carbocycles. The highest BCUT2D eigenvalue weighted by Crippen LogP contribution is 2.17. The van der Waals surface area contributed by atoms with Gasteiger partial charge in [0, 0.05) is 36.8 Å². The summed E-state index contributed by atoms with van der Waals surface area (Å²) in [7, 11) is -3.72. The van der Waals surface area contributed by atoms with Gasteiger partial charge in [-0.1, -0.05) is 17.7 Å². The van der Waals surface area contributed by atoms with Crippen LogP contribution in [0.3, 0.4) is 0 Å². The molecule has 1 aliphatic rings. The van der Waals surface area contributed by atoms with Gasteiger partial charge >= 0.3 is 0 Å². The second-order valence-corrected chi connectivity index (χ2v) is 8.37. The number of hydrogen-bond acceptors (Lipinski definition) is 5. The predicted molar refractivity (Wildman–Crippen MR) is 110 cm³/mol. The molecule has 4 N–H and O–H groups in total. The molecule has 0 spiro atoms. The van der Waals surface area contributed by atoms with Gasteiger partial charge in [-0.2, -0.15) is 0 Å². The fraction of sp³-hybridized carbons (Fsp3) is 0.316. The van der Waals surface area contributed by atoms with E-state index in [0.29, 0.717) is 30.9 Å². The summed E-state index contributed by atoms with van der Waals surface area (Å²) >= 11 is 0. The van der Waals surface area contributed by atoms with E-state index in [0.717, 1.165) is 5.56 Å². The van der Waals surface area contributed by atoms with Crippen molar-refractivity contribution in [2.75, 3.05) is 24.4 Å². The minimum absolute atomic E-state index is 0. The summed E-state index contributed by atoms with van der Waals surface area (Å²) in [6, 6.07) is 12.8. The zero-order valence-electron chi connectivity index (χ0n) is 15.4. The lowest BCUT2D eigenvalue weighted by molar-refractivity contribution is 0.0927. The molecule has 1 amide bonds. The van der Waals surface area contributed by atoms with E-state index in [2.05, 4.69) is 15.4 Å². The summed E-state index contributed by atoms with van der Waals surface area (Å²) < 4.78 is 27.4. The van der Waals surface area contributed by atoms with Gasteiger partial charge in [0.1, 0.15) is 0 Å². The van der Waals surface area contributed by atoms with Crippen molar-refractivity contribution in [3.8, 4) is 0 Å². The van der Waals surface area contributed by atoms with Crippen molar-refractivity contribution in [1.29, 1.82) is 0 Å². The molecule has 0 aliphatic carbocycles. The van der Waals surface area contributed by atoms with E-state index in [1.807, 2.05) is 19.1 Å². The Bertz CT molecular complexity index is 902. The summed E-state index contributed by atoms with van der Waals surface area (Å²) in [5, 5.41) is 15.6. The van der Waals surface area contributed by atoms with Crippen LogP contribution >= 0.6 is 12.4 Å². The fourth-order valence-corrected chi connectivity index (χ4v) is 3.93. The Hall–Kier alpha value is -2.13. The van der Waals surface area contributed by atoms with E-state index in [9.17, 15) is 18.3 Å². The molecular weight excluding hydrogens is 402 g/mol. The topological polar surface area (TPSA) is 108 Å². The number of aliphatic hydroxyl groups excluding tert-OH is 1. The summed E-state index contributed by atoms with van der Waals surface area (Å²) in [5.41, 5.74) is 1.88. The minimum atomic E-state index is -3.72. The fourth-order valence-electron chi connectivity index (χ4n) is 2.87. The molecule has 2 aromatic rings. The number of carbonyl (C=O) groups excluding carboxylic acids is 1. The van der Waals surface area contributed by atoms with Crippen LogP contribution in [0.25, 0.3) is 0 Å². The predicted octanol–water partition coefficient (Wildman–Crippen LogP) is 1.53. The average Bonchev–Trinajstić information content (AvgIpc) is 3.06. The number of carbonyl (C=O) groups is 1. The maximum Gasteiger partial charge on any atom is 0.261 e. The molecular formula is C19H24ClN3O4S. The van der Waals surface area contributed by atoms with Gasteiger partial charge < -0.3 is 15.7 Å². The number of nitrogens with one attached hydrogen (secondary N) is 3. The molecule has 9 heteroatoms. The van der Waals surface area contributed by atoms with E-state index < -0.39 is 16.1 Å². The normalized spacial score (nSPS) is 18.9. The Labute approximate surface area is 171 Å². The zero-order valence-corrected chi connectivity index (χ0v) is 17.0. The summed E-state index contributed by atoms with van der Waals surface area (Å²) in [6.07, 6.45) is -0.467. The molecule has 1 saturated heterocycles. The van der Waals surface area contributed by atoms with Crippen molar-refractivity contribution in [3.05, 3.63) is 59.7 Å². The molecule has 2 unspecified atom stereocenters. The van der Waals surface area contributed by atoms with Gasteiger partial charge in [-0.3, -0.25) is 9.52 Å². The lowest BCUT2D eigenvalue weighted by atomic mass is 10.1. The SMILES string of the molecule is Cc1ccc(NS(=O)(=O)c2ccc(C(=O)NCC3CNCC3O)cc2)cc1.Cl. The first kappa shape index (κ1) is 22.2. The van der Waals surface area contributed by atoms with Crippen LogP contribution < -0.4 is 15.4 Å². The maximum absolute atomic E-state index is 12.5. The largest absolute Gasteiger partial charge is 0.391 e. The lowest BCUT2D eigenvalue weighted by Gasteiger charge is -2.14. The Morgan fingerprint density at radius 2 is 1.75 bits per heavy atom. The number of rotatable bonds is 6. The van der Waals surface area contributed by atoms with E-state index in [1.54, 1.807) is 12.1 Å². The van der Waals surface area contributed by atoms with E-state index in [4.69, 9.17) is 0 Å². The highest BCUT2D eigenvalue weighted by atomic mass is 35.5. The van der Waals surface area contributed by atoms with Crippen LogP contribution in [0.5, 0.6) is 0 Å². The summed E-state index contributed by atoms with van der Waals surface area (Å²) in [6.45, 7) is 3.47. The third-order valence-electron chi connectivity index (χ3n) is 4.56. The standard InChI is InChI=1S/C19H23N3O4S.ClH/c1-13-2-6-16(7-3-13)22-27(25,26)17-8-4-14(5-9-17)19(24)21-11-15-10-20-12-18(15)23;/h2-9,15,18,20,22-23H,10-12H2,1H3,(H,21,24);1H. The summed E-state index contributed by atoms with van der Waals surface area (Å²) in [4.78, 5) is 12.3. The first-order chi connectivity index (χ1) is 12.8. The van der Waals surface area contributed by atoms with Crippen LogP contribution in [0.15, 0.2) is 53.4 Å². The number of amides is 1. The van der Waals surface area contributed by atoms with E-state index in [1.165, 1.54) is 24.3 Å². The van der Waals surface area contributed by atoms with Gasteiger partial charge in [0.05, 0.1) is 11.0 Å². The molecule has 152 valence electrons. The number of aryl methyl sites for hydroxylation is 1. The summed E-state index contributed by atoms with van der Waals surface area (Å²) in [5.74, 6) is -0.322. The average molecular weight is 426 g/mol. The number of aliphatic hydroxyl groups is 1. The van der Waals surface area contributed by atoms with Gasteiger partial charge in [0.15, 0.2) is 0 Å². The molecule has 1 aliphatic heterocycles. The molecule has 0 aromatic heterocycles. The molecule has 0 bridgehead atoms. The third kappa shape index (κ3) is 5.45. The van der Waals surface area contributed by atoms with Crippen LogP contribution in [-0.2, 0) is 10.0 Å². The van der Waals surface area contributed by atoms with Crippen molar-refractivity contribution < 1.29 is 18.3 Å². The van der Waals surface area contributed by atoms with Crippen LogP contribution in [-0.4, -0.2) is 45.2 Å². The van der Waals surface area contributed by atoms with Gasteiger partial charge in [-0.05, 0) is 43.3 Å². The quantitative estimate of drug-likeness (QED) is 0.561. The molecule has 2 atom stereocenters. The highest BCUT2D eigenvalue weighted by Gasteiger charge is 2.25.